The molecule has 1 saturated carbocycles. The topological polar surface area (TPSA) is 55.1 Å². The lowest BCUT2D eigenvalue weighted by atomic mass is 9.87. The Hall–Kier alpha value is -2.02. The first kappa shape index (κ1) is 18.8. The summed E-state index contributed by atoms with van der Waals surface area (Å²) in [5.41, 5.74) is -0.511. The molecule has 0 unspecified atom stereocenters. The van der Waals surface area contributed by atoms with Gasteiger partial charge in [-0.25, -0.2) is 0 Å². The van der Waals surface area contributed by atoms with E-state index in [1.165, 1.54) is 12.1 Å². The first-order valence-electron chi connectivity index (χ1n) is 8.39. The van der Waals surface area contributed by atoms with Crippen molar-refractivity contribution in [1.29, 1.82) is 0 Å². The molecule has 0 aliphatic heterocycles. The molecular formula is C18H18ClF3N2O2. The highest BCUT2D eigenvalue weighted by atomic mass is 35.5. The number of nitrogens with one attached hydrogen (secondary N) is 1. The lowest BCUT2D eigenvalue weighted by Gasteiger charge is -2.26. The summed E-state index contributed by atoms with van der Waals surface area (Å²) in [4.78, 5) is 12.4. The SMILES string of the molecule is CC1CCC(NC(=O)c2noc(-c3ccc(C(F)(F)F)cc3)c2Cl)CC1. The van der Waals surface area contributed by atoms with Crippen molar-refractivity contribution < 1.29 is 22.5 Å². The van der Waals surface area contributed by atoms with Crippen molar-refractivity contribution >= 4 is 17.5 Å². The molecule has 1 heterocycles. The predicted octanol–water partition coefficient (Wildman–Crippen LogP) is 5.32. The number of hydrogen-bond donors (Lipinski definition) is 1. The largest absolute Gasteiger partial charge is 0.416 e. The number of carbonyl (C=O) groups excluding carboxylic acids is 1. The van der Waals surface area contributed by atoms with Crippen LogP contribution in [0.4, 0.5) is 13.2 Å². The summed E-state index contributed by atoms with van der Waals surface area (Å²) < 4.78 is 43.0. The predicted molar refractivity (Wildman–Crippen MR) is 90.8 cm³/mol. The van der Waals surface area contributed by atoms with Gasteiger partial charge in [0, 0.05) is 11.6 Å². The fraction of sp³-hybridized carbons (Fsp3) is 0.444. The van der Waals surface area contributed by atoms with E-state index in [1.807, 2.05) is 0 Å². The summed E-state index contributed by atoms with van der Waals surface area (Å²) in [7, 11) is 0. The molecule has 1 fully saturated rings. The number of alkyl halides is 3. The smallest absolute Gasteiger partial charge is 0.354 e. The minimum absolute atomic E-state index is 0.00793. The monoisotopic (exact) mass is 386 g/mol. The second-order valence-corrected chi connectivity index (χ2v) is 7.06. The Balaban J connectivity index is 1.74. The molecular weight excluding hydrogens is 369 g/mol. The van der Waals surface area contributed by atoms with Crippen molar-refractivity contribution in [3.8, 4) is 11.3 Å². The van der Waals surface area contributed by atoms with E-state index in [1.54, 1.807) is 0 Å². The third-order valence-corrected chi connectivity index (χ3v) is 5.03. The normalized spacial score (nSPS) is 20.8. The van der Waals surface area contributed by atoms with Gasteiger partial charge in [-0.15, -0.1) is 0 Å². The molecule has 1 aromatic heterocycles. The molecule has 1 aliphatic rings. The van der Waals surface area contributed by atoms with Gasteiger partial charge < -0.3 is 9.84 Å². The Kier molecular flexibility index (Phi) is 5.27. The fourth-order valence-corrected chi connectivity index (χ4v) is 3.33. The summed E-state index contributed by atoms with van der Waals surface area (Å²) in [5.74, 6) is 0.296. The van der Waals surface area contributed by atoms with E-state index in [-0.39, 0.29) is 22.5 Å². The minimum Gasteiger partial charge on any atom is -0.354 e. The van der Waals surface area contributed by atoms with Gasteiger partial charge in [-0.2, -0.15) is 13.2 Å². The van der Waals surface area contributed by atoms with Crippen LogP contribution in [0.1, 0.15) is 48.7 Å². The lowest BCUT2D eigenvalue weighted by Crippen LogP contribution is -2.37. The highest BCUT2D eigenvalue weighted by Gasteiger charge is 2.31. The van der Waals surface area contributed by atoms with Gasteiger partial charge in [0.05, 0.1) is 5.56 Å². The number of benzene rings is 1. The van der Waals surface area contributed by atoms with Gasteiger partial charge in [0.25, 0.3) is 5.91 Å². The van der Waals surface area contributed by atoms with Gasteiger partial charge in [-0.05, 0) is 43.7 Å². The molecule has 0 spiro atoms. The average molecular weight is 387 g/mol. The molecule has 140 valence electrons. The van der Waals surface area contributed by atoms with Gasteiger partial charge in [-0.3, -0.25) is 4.79 Å². The Bertz CT molecular complexity index is 779. The van der Waals surface area contributed by atoms with Crippen LogP contribution in [-0.4, -0.2) is 17.1 Å². The fourth-order valence-electron chi connectivity index (χ4n) is 3.07. The third-order valence-electron chi connectivity index (χ3n) is 4.68. The van der Waals surface area contributed by atoms with Crippen LogP contribution in [0.5, 0.6) is 0 Å². The quantitative estimate of drug-likeness (QED) is 0.776. The maximum atomic E-state index is 12.6. The molecule has 0 atom stereocenters. The van der Waals surface area contributed by atoms with Crippen LogP contribution in [0.2, 0.25) is 5.02 Å². The van der Waals surface area contributed by atoms with Crippen molar-refractivity contribution in [3.63, 3.8) is 0 Å². The van der Waals surface area contributed by atoms with Gasteiger partial charge in [-0.1, -0.05) is 35.8 Å². The van der Waals surface area contributed by atoms with Crippen LogP contribution in [-0.2, 0) is 6.18 Å². The second kappa shape index (κ2) is 7.31. The van der Waals surface area contributed by atoms with E-state index in [9.17, 15) is 18.0 Å². The van der Waals surface area contributed by atoms with E-state index in [2.05, 4.69) is 17.4 Å². The molecule has 1 aliphatic carbocycles. The van der Waals surface area contributed by atoms with Gasteiger partial charge in [0.15, 0.2) is 11.5 Å². The number of hydrogen-bond acceptors (Lipinski definition) is 3. The zero-order valence-electron chi connectivity index (χ0n) is 14.1. The molecule has 4 nitrogen and oxygen atoms in total. The van der Waals surface area contributed by atoms with Gasteiger partial charge in [0.2, 0.25) is 0 Å². The number of nitrogens with zero attached hydrogens (tertiary/aromatic N) is 1. The summed E-state index contributed by atoms with van der Waals surface area (Å²) >= 11 is 6.18. The molecule has 0 bridgehead atoms. The molecule has 3 rings (SSSR count). The van der Waals surface area contributed by atoms with Crippen LogP contribution in [0.3, 0.4) is 0 Å². The molecule has 26 heavy (non-hydrogen) atoms. The first-order chi connectivity index (χ1) is 12.3. The molecule has 0 radical (unpaired) electrons. The number of rotatable bonds is 3. The van der Waals surface area contributed by atoms with E-state index in [0.717, 1.165) is 37.8 Å². The van der Waals surface area contributed by atoms with Crippen molar-refractivity contribution in [3.05, 3.63) is 40.5 Å². The second-order valence-electron chi connectivity index (χ2n) is 6.68. The zero-order valence-corrected chi connectivity index (χ0v) is 14.8. The van der Waals surface area contributed by atoms with Crippen LogP contribution in [0.15, 0.2) is 28.8 Å². The summed E-state index contributed by atoms with van der Waals surface area (Å²) in [6, 6.07) is 4.40. The van der Waals surface area contributed by atoms with Crippen LogP contribution in [0, 0.1) is 5.92 Å². The maximum absolute atomic E-state index is 12.6. The highest BCUT2D eigenvalue weighted by Crippen LogP contribution is 2.34. The summed E-state index contributed by atoms with van der Waals surface area (Å²) in [6.45, 7) is 2.18. The van der Waals surface area contributed by atoms with E-state index >= 15 is 0 Å². The van der Waals surface area contributed by atoms with Crippen molar-refractivity contribution in [2.24, 2.45) is 5.92 Å². The number of amides is 1. The Labute approximate surface area is 153 Å². The van der Waals surface area contributed by atoms with Crippen molar-refractivity contribution in [2.45, 2.75) is 44.8 Å². The Morgan fingerprint density at radius 2 is 1.81 bits per heavy atom. The molecule has 8 heteroatoms. The number of halogens is 4. The molecule has 1 aromatic carbocycles. The lowest BCUT2D eigenvalue weighted by molar-refractivity contribution is -0.137. The van der Waals surface area contributed by atoms with Crippen molar-refractivity contribution in [1.82, 2.24) is 10.5 Å². The van der Waals surface area contributed by atoms with Gasteiger partial charge >= 0.3 is 6.18 Å². The summed E-state index contributed by atoms with van der Waals surface area (Å²) in [5, 5.41) is 6.59. The maximum Gasteiger partial charge on any atom is 0.416 e. The van der Waals surface area contributed by atoms with E-state index < -0.39 is 17.6 Å². The molecule has 1 amide bonds. The zero-order chi connectivity index (χ0) is 18.9. The molecule has 0 saturated heterocycles. The van der Waals surface area contributed by atoms with E-state index in [4.69, 9.17) is 16.1 Å². The summed E-state index contributed by atoms with van der Waals surface area (Å²) in [6.07, 6.45) is -0.531. The molecule has 1 N–H and O–H groups in total. The van der Waals surface area contributed by atoms with Crippen LogP contribution >= 0.6 is 11.6 Å². The van der Waals surface area contributed by atoms with Gasteiger partial charge in [0.1, 0.15) is 5.02 Å². The first-order valence-corrected chi connectivity index (χ1v) is 8.77. The third kappa shape index (κ3) is 4.03. The minimum atomic E-state index is -4.42. The number of carbonyl (C=O) groups is 1. The average Bonchev–Trinajstić information content (AvgIpc) is 2.98. The Morgan fingerprint density at radius 3 is 2.38 bits per heavy atom. The Morgan fingerprint density at radius 1 is 1.19 bits per heavy atom. The van der Waals surface area contributed by atoms with Crippen LogP contribution in [0.25, 0.3) is 11.3 Å². The van der Waals surface area contributed by atoms with Crippen LogP contribution < -0.4 is 5.32 Å². The molecule has 2 aromatic rings. The number of aromatic nitrogens is 1. The van der Waals surface area contributed by atoms with Crippen molar-refractivity contribution in [2.75, 3.05) is 0 Å². The highest BCUT2D eigenvalue weighted by molar-refractivity contribution is 6.35. The van der Waals surface area contributed by atoms with E-state index in [0.29, 0.717) is 11.5 Å². The standard InChI is InChI=1S/C18H18ClF3N2O2/c1-10-2-8-13(9-3-10)23-17(25)15-14(19)16(26-24-15)11-4-6-12(7-5-11)18(20,21)22/h4-7,10,13H,2-3,8-9H2,1H3,(H,23,25).